The third-order valence-electron chi connectivity index (χ3n) is 4.69. The van der Waals surface area contributed by atoms with E-state index in [0.29, 0.717) is 0 Å². The van der Waals surface area contributed by atoms with Gasteiger partial charge in [-0.2, -0.15) is 13.2 Å². The lowest BCUT2D eigenvalue weighted by molar-refractivity contribution is -0.139. The molecule has 1 aromatic rings. The molecule has 2 heterocycles. The van der Waals surface area contributed by atoms with E-state index in [1.165, 1.54) is 36.3 Å². The monoisotopic (exact) mass is 413 g/mol. The average Bonchev–Trinajstić information content (AvgIpc) is 3.07. The molecule has 1 fully saturated rings. The first-order valence-electron chi connectivity index (χ1n) is 8.43. The molecule has 3 rings (SSSR count). The van der Waals surface area contributed by atoms with Crippen LogP contribution in [-0.4, -0.2) is 78.8 Å². The number of benzene rings is 1. The molecule has 29 heavy (non-hydrogen) atoms. The van der Waals surface area contributed by atoms with Gasteiger partial charge in [0.1, 0.15) is 5.75 Å². The molecule has 0 saturated carbocycles. The van der Waals surface area contributed by atoms with E-state index in [1.54, 1.807) is 0 Å². The third kappa shape index (κ3) is 3.69. The van der Waals surface area contributed by atoms with Crippen LogP contribution >= 0.6 is 0 Å². The number of likely N-dealkylation sites (N-methyl/N-ethyl adjacent to an activating group) is 2. The number of hydrogen-bond donors (Lipinski definition) is 1. The second kappa shape index (κ2) is 7.26. The number of amides is 4. The molecule has 2 atom stereocenters. The van der Waals surface area contributed by atoms with Crippen LogP contribution in [0.1, 0.15) is 5.56 Å². The van der Waals surface area contributed by atoms with Gasteiger partial charge in [-0.3, -0.25) is 14.5 Å². The fourth-order valence-corrected chi connectivity index (χ4v) is 3.21. The van der Waals surface area contributed by atoms with E-state index in [9.17, 15) is 27.6 Å². The maximum atomic E-state index is 13.1. The zero-order chi connectivity index (χ0) is 21.5. The van der Waals surface area contributed by atoms with Crippen LogP contribution in [0.5, 0.6) is 5.75 Å². The fraction of sp³-hybridized carbons (Fsp3) is 0.412. The quantitative estimate of drug-likeness (QED) is 0.801. The van der Waals surface area contributed by atoms with E-state index < -0.39 is 41.8 Å². The number of nitrogens with zero attached hydrogens (tertiary/aromatic N) is 4. The highest BCUT2D eigenvalue weighted by molar-refractivity contribution is 6.02. The summed E-state index contributed by atoms with van der Waals surface area (Å²) in [5.41, 5.74) is -1.10. The largest absolute Gasteiger partial charge is 0.496 e. The van der Waals surface area contributed by atoms with Crippen molar-refractivity contribution in [2.75, 3.05) is 33.1 Å². The van der Waals surface area contributed by atoms with Crippen LogP contribution < -0.4 is 10.1 Å². The minimum absolute atomic E-state index is 0.0739. The third-order valence-corrected chi connectivity index (χ3v) is 4.69. The molecule has 4 amide bonds. The lowest BCUT2D eigenvalue weighted by atomic mass is 10.1. The highest BCUT2D eigenvalue weighted by Crippen LogP contribution is 2.37. The molecule has 1 aromatic carbocycles. The number of fused-ring (bicyclic) bond motifs is 1. The molecule has 1 N–H and O–H groups in total. The number of anilines is 1. The van der Waals surface area contributed by atoms with E-state index in [4.69, 9.17) is 4.74 Å². The summed E-state index contributed by atoms with van der Waals surface area (Å²) >= 11 is 0. The molecule has 0 spiro atoms. The smallest absolute Gasteiger partial charge is 0.420 e. The van der Waals surface area contributed by atoms with Gasteiger partial charge in [0.25, 0.3) is 5.91 Å². The number of ether oxygens (including phenoxy) is 1. The standard InChI is InChI=1S/C17H18F3N5O4/c1-23-14-13(15(27)24(2)16(23)28)25(8-21-14)7-12(26)22-9-4-5-11(29-3)10(6-9)17(18,19)20/h4-6,8,13-14H,7H2,1-3H3,(H,22,26). The Morgan fingerprint density at radius 3 is 2.59 bits per heavy atom. The summed E-state index contributed by atoms with van der Waals surface area (Å²) < 4.78 is 44.1. The number of urea groups is 1. The van der Waals surface area contributed by atoms with Crippen LogP contribution in [0, 0.1) is 0 Å². The first-order chi connectivity index (χ1) is 13.5. The van der Waals surface area contributed by atoms with Crippen molar-refractivity contribution >= 4 is 29.9 Å². The summed E-state index contributed by atoms with van der Waals surface area (Å²) in [7, 11) is 3.93. The number of carbonyl (C=O) groups is 3. The molecule has 0 radical (unpaired) electrons. The Balaban J connectivity index is 1.73. The number of methoxy groups -OCH3 is 1. The molecule has 2 aliphatic heterocycles. The summed E-state index contributed by atoms with van der Waals surface area (Å²) in [6.07, 6.45) is -4.14. The molecule has 0 aliphatic carbocycles. The van der Waals surface area contributed by atoms with Crippen molar-refractivity contribution in [3.05, 3.63) is 23.8 Å². The summed E-state index contributed by atoms with van der Waals surface area (Å²) in [5.74, 6) is -1.54. The number of alkyl halides is 3. The van der Waals surface area contributed by atoms with E-state index in [-0.39, 0.29) is 18.0 Å². The molecule has 2 unspecified atom stereocenters. The van der Waals surface area contributed by atoms with Gasteiger partial charge in [0, 0.05) is 19.8 Å². The number of aliphatic imine (C=N–C) groups is 1. The highest BCUT2D eigenvalue weighted by Gasteiger charge is 2.48. The second-order valence-electron chi connectivity index (χ2n) is 6.55. The van der Waals surface area contributed by atoms with Gasteiger partial charge < -0.3 is 19.9 Å². The molecule has 156 valence electrons. The van der Waals surface area contributed by atoms with Gasteiger partial charge >= 0.3 is 12.2 Å². The lowest BCUT2D eigenvalue weighted by Crippen LogP contribution is -2.64. The summed E-state index contributed by atoms with van der Waals surface area (Å²) in [5, 5.41) is 2.37. The van der Waals surface area contributed by atoms with Crippen molar-refractivity contribution in [1.29, 1.82) is 0 Å². The summed E-state index contributed by atoms with van der Waals surface area (Å²) in [6.45, 7) is -0.334. The normalized spacial score (nSPS) is 21.5. The van der Waals surface area contributed by atoms with Crippen molar-refractivity contribution < 1.29 is 32.3 Å². The van der Waals surface area contributed by atoms with Crippen LogP contribution in [0.2, 0.25) is 0 Å². The van der Waals surface area contributed by atoms with Crippen LogP contribution in [-0.2, 0) is 15.8 Å². The molecule has 2 aliphatic rings. The SMILES string of the molecule is COc1ccc(NC(=O)CN2C=NC3C2C(=O)N(C)C(=O)N3C)cc1C(F)(F)F. The Morgan fingerprint density at radius 1 is 1.28 bits per heavy atom. The summed E-state index contributed by atoms with van der Waals surface area (Å²) in [4.78, 5) is 44.4. The number of carbonyl (C=O) groups excluding carboxylic acids is 3. The Bertz CT molecular complexity index is 888. The Kier molecular flexibility index (Phi) is 5.11. The Hall–Kier alpha value is -3.31. The van der Waals surface area contributed by atoms with Crippen LogP contribution in [0.3, 0.4) is 0 Å². The van der Waals surface area contributed by atoms with Crippen molar-refractivity contribution in [3.63, 3.8) is 0 Å². The first-order valence-corrected chi connectivity index (χ1v) is 8.43. The van der Waals surface area contributed by atoms with Gasteiger partial charge in [-0.15, -0.1) is 0 Å². The van der Waals surface area contributed by atoms with Gasteiger partial charge in [0.2, 0.25) is 5.91 Å². The van der Waals surface area contributed by atoms with Gasteiger partial charge in [-0.25, -0.2) is 9.79 Å². The average molecular weight is 413 g/mol. The molecular weight excluding hydrogens is 395 g/mol. The molecule has 9 nitrogen and oxygen atoms in total. The topological polar surface area (TPSA) is 94.5 Å². The van der Waals surface area contributed by atoms with Crippen LogP contribution in [0.15, 0.2) is 23.2 Å². The second-order valence-corrected chi connectivity index (χ2v) is 6.55. The predicted octanol–water partition coefficient (Wildman–Crippen LogP) is 1.21. The number of nitrogens with one attached hydrogen (secondary N) is 1. The van der Waals surface area contributed by atoms with E-state index in [2.05, 4.69) is 10.3 Å². The Labute approximate surface area is 163 Å². The fourth-order valence-electron chi connectivity index (χ4n) is 3.21. The zero-order valence-electron chi connectivity index (χ0n) is 15.7. The van der Waals surface area contributed by atoms with Crippen molar-refractivity contribution in [1.82, 2.24) is 14.7 Å². The Morgan fingerprint density at radius 2 is 1.97 bits per heavy atom. The molecule has 12 heteroatoms. The van der Waals surface area contributed by atoms with Gasteiger partial charge in [-0.1, -0.05) is 0 Å². The number of imide groups is 1. The van der Waals surface area contributed by atoms with Gasteiger partial charge in [0.05, 0.1) is 25.6 Å². The minimum Gasteiger partial charge on any atom is -0.496 e. The van der Waals surface area contributed by atoms with Crippen LogP contribution in [0.25, 0.3) is 0 Å². The maximum absolute atomic E-state index is 13.1. The van der Waals surface area contributed by atoms with E-state index >= 15 is 0 Å². The molecule has 0 bridgehead atoms. The lowest BCUT2D eigenvalue weighted by Gasteiger charge is -2.39. The minimum atomic E-state index is -4.66. The van der Waals surface area contributed by atoms with Gasteiger partial charge in [-0.05, 0) is 18.2 Å². The van der Waals surface area contributed by atoms with Crippen molar-refractivity contribution in [2.24, 2.45) is 4.99 Å². The van der Waals surface area contributed by atoms with E-state index in [0.717, 1.165) is 24.1 Å². The van der Waals surface area contributed by atoms with Crippen molar-refractivity contribution in [2.45, 2.75) is 18.4 Å². The molecular formula is C17H18F3N5O4. The maximum Gasteiger partial charge on any atom is 0.420 e. The van der Waals surface area contributed by atoms with Crippen molar-refractivity contribution in [3.8, 4) is 5.75 Å². The van der Waals surface area contributed by atoms with E-state index in [1.807, 2.05) is 0 Å². The highest BCUT2D eigenvalue weighted by atomic mass is 19.4. The van der Waals surface area contributed by atoms with Crippen LogP contribution in [0.4, 0.5) is 23.7 Å². The number of hydrogen-bond acceptors (Lipinski definition) is 6. The summed E-state index contributed by atoms with van der Waals surface area (Å²) in [6, 6.07) is 1.75. The predicted molar refractivity (Wildman–Crippen MR) is 95.3 cm³/mol. The van der Waals surface area contributed by atoms with Gasteiger partial charge in [0.15, 0.2) is 12.2 Å². The first kappa shape index (κ1) is 20.4. The molecule has 0 aromatic heterocycles. The zero-order valence-corrected chi connectivity index (χ0v) is 15.7. The number of halogens is 3. The number of rotatable bonds is 4. The molecule has 1 saturated heterocycles.